The van der Waals surface area contributed by atoms with Crippen molar-refractivity contribution in [2.45, 2.75) is 6.92 Å². The molecule has 1 fully saturated rings. The first kappa shape index (κ1) is 12.2. The third-order valence-corrected chi connectivity index (χ3v) is 3.61. The number of hydrogen-bond acceptors (Lipinski definition) is 5. The molecule has 3 rings (SSSR count). The molecule has 1 aromatic heterocycles. The van der Waals surface area contributed by atoms with Gasteiger partial charge in [-0.25, -0.2) is 9.97 Å². The van der Waals surface area contributed by atoms with Crippen LogP contribution < -0.4 is 10.6 Å². The first-order valence-electron chi connectivity index (χ1n) is 6.61. The van der Waals surface area contributed by atoms with Gasteiger partial charge >= 0.3 is 0 Å². The Morgan fingerprint density at radius 1 is 1.11 bits per heavy atom. The number of benzene rings is 1. The van der Waals surface area contributed by atoms with Gasteiger partial charge in [-0.3, -0.25) is 0 Å². The van der Waals surface area contributed by atoms with E-state index in [1.165, 1.54) is 0 Å². The average molecular weight is 257 g/mol. The van der Waals surface area contributed by atoms with Crippen molar-refractivity contribution in [3.63, 3.8) is 0 Å². The van der Waals surface area contributed by atoms with E-state index in [0.717, 1.165) is 54.4 Å². The third-order valence-electron chi connectivity index (χ3n) is 3.61. The average Bonchev–Trinajstić information content (AvgIpc) is 2.39. The van der Waals surface area contributed by atoms with Crippen molar-refractivity contribution in [1.29, 1.82) is 0 Å². The van der Waals surface area contributed by atoms with Crippen molar-refractivity contribution in [2.75, 3.05) is 43.9 Å². The second kappa shape index (κ2) is 4.66. The molecule has 0 radical (unpaired) electrons. The fourth-order valence-corrected chi connectivity index (χ4v) is 2.50. The first-order valence-corrected chi connectivity index (χ1v) is 6.61. The molecule has 0 aliphatic carbocycles. The van der Waals surface area contributed by atoms with E-state index in [-0.39, 0.29) is 0 Å². The minimum atomic E-state index is 0.760. The number of nitrogens with two attached hydrogens (primary N) is 1. The maximum Gasteiger partial charge on any atom is 0.140 e. The Hall–Kier alpha value is -1.88. The Balaban J connectivity index is 2.08. The van der Waals surface area contributed by atoms with Gasteiger partial charge in [0.1, 0.15) is 11.6 Å². The van der Waals surface area contributed by atoms with Crippen LogP contribution in [0.15, 0.2) is 18.2 Å². The van der Waals surface area contributed by atoms with E-state index in [4.69, 9.17) is 5.73 Å². The number of aromatic nitrogens is 2. The van der Waals surface area contributed by atoms with Gasteiger partial charge in [-0.1, -0.05) is 0 Å². The van der Waals surface area contributed by atoms with Crippen molar-refractivity contribution in [2.24, 2.45) is 0 Å². The molecule has 2 aromatic rings. The van der Waals surface area contributed by atoms with Gasteiger partial charge in [-0.15, -0.1) is 0 Å². The Labute approximate surface area is 113 Å². The molecule has 0 unspecified atom stereocenters. The molecule has 2 N–H and O–H groups in total. The van der Waals surface area contributed by atoms with Crippen LogP contribution in [0.4, 0.5) is 11.5 Å². The highest BCUT2D eigenvalue weighted by atomic mass is 15.3. The van der Waals surface area contributed by atoms with Crippen molar-refractivity contribution < 1.29 is 0 Å². The first-order chi connectivity index (χ1) is 9.13. The van der Waals surface area contributed by atoms with Gasteiger partial charge in [0.15, 0.2) is 0 Å². The van der Waals surface area contributed by atoms with Crippen LogP contribution >= 0.6 is 0 Å². The minimum absolute atomic E-state index is 0.760. The van der Waals surface area contributed by atoms with Gasteiger partial charge in [0.2, 0.25) is 0 Å². The molecular formula is C14H19N5. The lowest BCUT2D eigenvalue weighted by Crippen LogP contribution is -2.45. The van der Waals surface area contributed by atoms with Crippen LogP contribution in [-0.4, -0.2) is 48.1 Å². The fourth-order valence-electron chi connectivity index (χ4n) is 2.50. The lowest BCUT2D eigenvalue weighted by Gasteiger charge is -2.33. The normalized spacial score (nSPS) is 17.1. The van der Waals surface area contributed by atoms with Gasteiger partial charge in [-0.2, -0.15) is 0 Å². The van der Waals surface area contributed by atoms with Crippen LogP contribution in [0.5, 0.6) is 0 Å². The highest BCUT2D eigenvalue weighted by molar-refractivity contribution is 5.91. The molecule has 0 spiro atoms. The van der Waals surface area contributed by atoms with Crippen LogP contribution in [0.2, 0.25) is 0 Å². The monoisotopic (exact) mass is 257 g/mol. The van der Waals surface area contributed by atoms with E-state index in [1.807, 2.05) is 25.1 Å². The Bertz CT molecular complexity index is 602. The minimum Gasteiger partial charge on any atom is -0.399 e. The van der Waals surface area contributed by atoms with Crippen LogP contribution in [0.25, 0.3) is 10.9 Å². The summed E-state index contributed by atoms with van der Waals surface area (Å²) in [4.78, 5) is 13.8. The van der Waals surface area contributed by atoms with E-state index in [0.29, 0.717) is 0 Å². The Morgan fingerprint density at radius 3 is 2.58 bits per heavy atom. The maximum atomic E-state index is 5.90. The van der Waals surface area contributed by atoms with E-state index in [1.54, 1.807) is 0 Å². The second-order valence-corrected chi connectivity index (χ2v) is 5.16. The lowest BCUT2D eigenvalue weighted by atomic mass is 10.2. The summed E-state index contributed by atoms with van der Waals surface area (Å²) in [6.45, 7) is 6.06. The number of likely N-dealkylation sites (N-methyl/N-ethyl adjacent to an activating group) is 1. The molecule has 1 aliphatic rings. The van der Waals surface area contributed by atoms with Crippen LogP contribution in [-0.2, 0) is 0 Å². The largest absolute Gasteiger partial charge is 0.399 e. The predicted molar refractivity (Wildman–Crippen MR) is 78.4 cm³/mol. The molecule has 5 heteroatoms. The van der Waals surface area contributed by atoms with E-state index >= 15 is 0 Å². The Kier molecular flexibility index (Phi) is 2.98. The standard InChI is InChI=1S/C14H19N5/c1-10-16-13-4-3-11(15)9-12(13)14(17-10)19-7-5-18(2)6-8-19/h3-4,9H,5-8,15H2,1-2H3. The molecule has 1 aliphatic heterocycles. The predicted octanol–water partition coefficient (Wildman–Crippen LogP) is 1.27. The quantitative estimate of drug-likeness (QED) is 0.780. The molecule has 5 nitrogen and oxygen atoms in total. The van der Waals surface area contributed by atoms with Crippen LogP contribution in [0.1, 0.15) is 5.82 Å². The molecular weight excluding hydrogens is 238 g/mol. The summed E-state index contributed by atoms with van der Waals surface area (Å²) in [6, 6.07) is 5.84. The zero-order chi connectivity index (χ0) is 13.4. The topological polar surface area (TPSA) is 58.3 Å². The number of aryl methyl sites for hydroxylation is 1. The fraction of sp³-hybridized carbons (Fsp3) is 0.429. The van der Waals surface area contributed by atoms with Gasteiger partial charge in [-0.05, 0) is 32.2 Å². The molecule has 0 atom stereocenters. The maximum absolute atomic E-state index is 5.90. The molecule has 1 saturated heterocycles. The number of piperazine rings is 1. The van der Waals surface area contributed by atoms with E-state index in [9.17, 15) is 0 Å². The highest BCUT2D eigenvalue weighted by Crippen LogP contribution is 2.26. The summed E-state index contributed by atoms with van der Waals surface area (Å²) in [5.41, 5.74) is 7.63. The molecule has 19 heavy (non-hydrogen) atoms. The summed E-state index contributed by atoms with van der Waals surface area (Å²) in [5.74, 6) is 1.83. The van der Waals surface area contributed by atoms with Crippen molar-refractivity contribution >= 4 is 22.4 Å². The summed E-state index contributed by atoms with van der Waals surface area (Å²) in [5, 5.41) is 1.05. The number of fused-ring (bicyclic) bond motifs is 1. The molecule has 100 valence electrons. The summed E-state index contributed by atoms with van der Waals surface area (Å²) >= 11 is 0. The van der Waals surface area contributed by atoms with Gasteiger partial charge < -0.3 is 15.5 Å². The van der Waals surface area contributed by atoms with E-state index < -0.39 is 0 Å². The molecule has 0 bridgehead atoms. The van der Waals surface area contributed by atoms with Crippen molar-refractivity contribution in [3.05, 3.63) is 24.0 Å². The number of rotatable bonds is 1. The van der Waals surface area contributed by atoms with Gasteiger partial charge in [0, 0.05) is 37.3 Å². The smallest absolute Gasteiger partial charge is 0.140 e. The zero-order valence-electron chi connectivity index (χ0n) is 11.4. The van der Waals surface area contributed by atoms with Gasteiger partial charge in [0.05, 0.1) is 5.52 Å². The summed E-state index contributed by atoms with van der Waals surface area (Å²) < 4.78 is 0. The SMILES string of the molecule is Cc1nc(N2CCN(C)CC2)c2cc(N)ccc2n1. The molecule has 2 heterocycles. The lowest BCUT2D eigenvalue weighted by molar-refractivity contribution is 0.312. The summed E-state index contributed by atoms with van der Waals surface area (Å²) in [7, 11) is 2.15. The van der Waals surface area contributed by atoms with Crippen LogP contribution in [0.3, 0.4) is 0 Å². The second-order valence-electron chi connectivity index (χ2n) is 5.16. The van der Waals surface area contributed by atoms with E-state index in [2.05, 4.69) is 26.8 Å². The summed E-state index contributed by atoms with van der Waals surface area (Å²) in [6.07, 6.45) is 0. The van der Waals surface area contributed by atoms with Crippen molar-refractivity contribution in [1.82, 2.24) is 14.9 Å². The number of anilines is 2. The number of hydrogen-bond donors (Lipinski definition) is 1. The molecule has 1 aromatic carbocycles. The molecule has 0 amide bonds. The van der Waals surface area contributed by atoms with Crippen LogP contribution in [0, 0.1) is 6.92 Å². The zero-order valence-corrected chi connectivity index (χ0v) is 11.4. The highest BCUT2D eigenvalue weighted by Gasteiger charge is 2.18. The van der Waals surface area contributed by atoms with Gasteiger partial charge in [0.25, 0.3) is 0 Å². The third kappa shape index (κ3) is 2.33. The molecule has 0 saturated carbocycles. The van der Waals surface area contributed by atoms with Crippen molar-refractivity contribution in [3.8, 4) is 0 Å². The Morgan fingerprint density at radius 2 is 1.84 bits per heavy atom. The number of nitrogen functional groups attached to an aromatic ring is 1. The number of nitrogens with zero attached hydrogens (tertiary/aromatic N) is 4.